The van der Waals surface area contributed by atoms with Crippen molar-refractivity contribution >= 4 is 5.78 Å². The van der Waals surface area contributed by atoms with Crippen LogP contribution >= 0.6 is 0 Å². The molecular weight excluding hydrogens is 341 g/mol. The quantitative estimate of drug-likeness (QED) is 0.713. The van der Waals surface area contributed by atoms with E-state index in [1.165, 1.54) is 12.1 Å². The minimum absolute atomic E-state index is 0.0478. The SMILES string of the molecule is O=C1CCN(Cc2ccc(C(F)(F)F)cc2)CC12CCC(F)(F)CC2. The van der Waals surface area contributed by atoms with Gasteiger partial charge in [0, 0.05) is 44.3 Å². The number of carbonyl (C=O) groups is 1. The number of benzene rings is 1. The van der Waals surface area contributed by atoms with Gasteiger partial charge in [0.05, 0.1) is 5.56 Å². The molecule has 0 unspecified atom stereocenters. The molecule has 1 aromatic rings. The summed E-state index contributed by atoms with van der Waals surface area (Å²) in [6.45, 7) is 1.34. The Bertz CT molecular complexity index is 628. The number of hydrogen-bond donors (Lipinski definition) is 0. The lowest BCUT2D eigenvalue weighted by Gasteiger charge is -2.45. The largest absolute Gasteiger partial charge is 0.416 e. The minimum atomic E-state index is -4.37. The van der Waals surface area contributed by atoms with Crippen molar-refractivity contribution in [2.24, 2.45) is 5.41 Å². The lowest BCUT2D eigenvalue weighted by molar-refractivity contribution is -0.144. The number of piperidine rings is 1. The Kier molecular flexibility index (Phi) is 4.64. The number of likely N-dealkylation sites (tertiary alicyclic amines) is 1. The van der Waals surface area contributed by atoms with Crippen LogP contribution in [-0.4, -0.2) is 29.7 Å². The Morgan fingerprint density at radius 1 is 1.00 bits per heavy atom. The molecule has 1 saturated carbocycles. The molecule has 2 fully saturated rings. The van der Waals surface area contributed by atoms with Crippen LogP contribution in [0.25, 0.3) is 0 Å². The maximum Gasteiger partial charge on any atom is 0.416 e. The zero-order valence-electron chi connectivity index (χ0n) is 13.7. The molecule has 0 N–H and O–H groups in total. The van der Waals surface area contributed by atoms with Crippen molar-refractivity contribution < 1.29 is 26.7 Å². The maximum atomic E-state index is 13.4. The Morgan fingerprint density at radius 3 is 2.16 bits per heavy atom. The van der Waals surface area contributed by atoms with E-state index in [9.17, 15) is 26.7 Å². The highest BCUT2D eigenvalue weighted by molar-refractivity contribution is 5.86. The smallest absolute Gasteiger partial charge is 0.299 e. The average molecular weight is 361 g/mol. The van der Waals surface area contributed by atoms with Crippen LogP contribution in [0.2, 0.25) is 0 Å². The zero-order chi connectivity index (χ0) is 18.3. The molecule has 1 aliphatic heterocycles. The second-order valence-electron chi connectivity index (χ2n) is 7.21. The van der Waals surface area contributed by atoms with Gasteiger partial charge in [-0.3, -0.25) is 9.69 Å². The van der Waals surface area contributed by atoms with Gasteiger partial charge < -0.3 is 0 Å². The molecule has 1 aliphatic carbocycles. The van der Waals surface area contributed by atoms with Gasteiger partial charge in [-0.1, -0.05) is 12.1 Å². The molecule has 0 atom stereocenters. The molecule has 1 aromatic carbocycles. The molecule has 2 nitrogen and oxygen atoms in total. The van der Waals surface area contributed by atoms with Gasteiger partial charge in [0.15, 0.2) is 0 Å². The summed E-state index contributed by atoms with van der Waals surface area (Å²) in [5.41, 5.74) is -0.694. The van der Waals surface area contributed by atoms with E-state index in [1.54, 1.807) is 0 Å². The fourth-order valence-corrected chi connectivity index (χ4v) is 3.84. The molecule has 1 spiro atoms. The zero-order valence-corrected chi connectivity index (χ0v) is 13.7. The van der Waals surface area contributed by atoms with Crippen molar-refractivity contribution in [3.8, 4) is 0 Å². The molecule has 25 heavy (non-hydrogen) atoms. The molecule has 7 heteroatoms. The Labute approximate surface area is 143 Å². The predicted octanol–water partition coefficient (Wildman–Crippen LogP) is 4.68. The van der Waals surface area contributed by atoms with Crippen LogP contribution in [0, 0.1) is 5.41 Å². The van der Waals surface area contributed by atoms with Crippen LogP contribution in [0.15, 0.2) is 24.3 Å². The van der Waals surface area contributed by atoms with Gasteiger partial charge in [0.25, 0.3) is 0 Å². The van der Waals surface area contributed by atoms with Crippen molar-refractivity contribution in [1.29, 1.82) is 0 Å². The molecule has 2 aliphatic rings. The van der Waals surface area contributed by atoms with Crippen LogP contribution in [0.1, 0.15) is 43.2 Å². The lowest BCUT2D eigenvalue weighted by atomic mass is 9.67. The molecule has 0 radical (unpaired) electrons. The summed E-state index contributed by atoms with van der Waals surface area (Å²) in [5, 5.41) is 0. The predicted molar refractivity (Wildman–Crippen MR) is 82.2 cm³/mol. The van der Waals surface area contributed by atoms with Gasteiger partial charge in [-0.25, -0.2) is 8.78 Å². The first-order valence-corrected chi connectivity index (χ1v) is 8.39. The first kappa shape index (κ1) is 18.3. The summed E-state index contributed by atoms with van der Waals surface area (Å²) < 4.78 is 64.7. The summed E-state index contributed by atoms with van der Waals surface area (Å²) in [6.07, 6.45) is -4.23. The van der Waals surface area contributed by atoms with E-state index in [0.29, 0.717) is 26.1 Å². The summed E-state index contributed by atoms with van der Waals surface area (Å²) >= 11 is 0. The van der Waals surface area contributed by atoms with Gasteiger partial charge in [0.1, 0.15) is 5.78 Å². The van der Waals surface area contributed by atoms with E-state index in [4.69, 9.17) is 0 Å². The van der Waals surface area contributed by atoms with Gasteiger partial charge in [0.2, 0.25) is 5.92 Å². The molecule has 0 amide bonds. The maximum absolute atomic E-state index is 13.4. The summed E-state index contributed by atoms with van der Waals surface area (Å²) in [4.78, 5) is 14.3. The normalized spacial score (nSPS) is 23.8. The van der Waals surface area contributed by atoms with E-state index in [-0.39, 0.29) is 31.5 Å². The van der Waals surface area contributed by atoms with Crippen LogP contribution in [-0.2, 0) is 17.5 Å². The summed E-state index contributed by atoms with van der Waals surface area (Å²) in [7, 11) is 0. The molecule has 0 bridgehead atoms. The van der Waals surface area contributed by atoms with Gasteiger partial charge in [-0.05, 0) is 30.5 Å². The third-order valence-corrected chi connectivity index (χ3v) is 5.40. The molecule has 1 saturated heterocycles. The van der Waals surface area contributed by atoms with Crippen LogP contribution < -0.4 is 0 Å². The summed E-state index contributed by atoms with van der Waals surface area (Å²) in [6, 6.07) is 4.95. The van der Waals surface area contributed by atoms with Gasteiger partial charge in [-0.2, -0.15) is 13.2 Å². The molecule has 3 rings (SSSR count). The highest BCUT2D eigenvalue weighted by Crippen LogP contribution is 2.46. The van der Waals surface area contributed by atoms with E-state index in [2.05, 4.69) is 0 Å². The molecule has 1 heterocycles. The van der Waals surface area contributed by atoms with E-state index >= 15 is 0 Å². The second-order valence-corrected chi connectivity index (χ2v) is 7.21. The average Bonchev–Trinajstić information content (AvgIpc) is 2.53. The van der Waals surface area contributed by atoms with Crippen molar-refractivity contribution in [2.75, 3.05) is 13.1 Å². The highest BCUT2D eigenvalue weighted by atomic mass is 19.4. The van der Waals surface area contributed by atoms with Crippen LogP contribution in [0.5, 0.6) is 0 Å². The number of ketones is 1. The Hall–Kier alpha value is -1.50. The topological polar surface area (TPSA) is 20.3 Å². The Morgan fingerprint density at radius 2 is 1.60 bits per heavy atom. The van der Waals surface area contributed by atoms with Crippen LogP contribution in [0.3, 0.4) is 0 Å². The number of hydrogen-bond acceptors (Lipinski definition) is 2. The highest BCUT2D eigenvalue weighted by Gasteiger charge is 2.49. The lowest BCUT2D eigenvalue weighted by Crippen LogP contribution is -2.51. The molecular formula is C18H20F5NO. The van der Waals surface area contributed by atoms with Crippen molar-refractivity contribution in [3.05, 3.63) is 35.4 Å². The number of rotatable bonds is 2. The molecule has 0 aromatic heterocycles. The van der Waals surface area contributed by atoms with E-state index in [0.717, 1.165) is 17.7 Å². The van der Waals surface area contributed by atoms with Crippen LogP contribution in [0.4, 0.5) is 22.0 Å². The molecule has 138 valence electrons. The first-order valence-electron chi connectivity index (χ1n) is 8.39. The number of Topliss-reactive ketones (excluding diaryl/α,β-unsaturated/α-hetero) is 1. The third-order valence-electron chi connectivity index (χ3n) is 5.40. The van der Waals surface area contributed by atoms with E-state index < -0.39 is 23.1 Å². The fraction of sp³-hybridized carbons (Fsp3) is 0.611. The second kappa shape index (κ2) is 6.34. The number of nitrogens with zero attached hydrogens (tertiary/aromatic N) is 1. The first-order chi connectivity index (χ1) is 11.6. The van der Waals surface area contributed by atoms with Gasteiger partial charge in [-0.15, -0.1) is 0 Å². The number of carbonyl (C=O) groups excluding carboxylic acids is 1. The Balaban J connectivity index is 1.67. The summed E-state index contributed by atoms with van der Waals surface area (Å²) in [5.74, 6) is -2.65. The van der Waals surface area contributed by atoms with Crippen molar-refractivity contribution in [3.63, 3.8) is 0 Å². The van der Waals surface area contributed by atoms with Crippen molar-refractivity contribution in [2.45, 2.75) is 50.7 Å². The monoisotopic (exact) mass is 361 g/mol. The van der Waals surface area contributed by atoms with Gasteiger partial charge >= 0.3 is 6.18 Å². The number of alkyl halides is 5. The minimum Gasteiger partial charge on any atom is -0.299 e. The fourth-order valence-electron chi connectivity index (χ4n) is 3.84. The number of halogens is 5. The van der Waals surface area contributed by atoms with Crippen molar-refractivity contribution in [1.82, 2.24) is 4.90 Å². The van der Waals surface area contributed by atoms with E-state index in [1.807, 2.05) is 4.90 Å². The standard InChI is InChI=1S/C18H20F5NO/c19-17(20)8-6-16(7-9-17)12-24(10-5-15(16)25)11-13-1-3-14(4-2-13)18(21,22)23/h1-4H,5-12H2. The third kappa shape index (κ3) is 4.02.